The Kier molecular flexibility index (Phi) is 5.50. The van der Waals surface area contributed by atoms with Gasteiger partial charge in [-0.3, -0.25) is 14.2 Å². The lowest BCUT2D eigenvalue weighted by Crippen LogP contribution is -2.27. The molecule has 10 heteroatoms. The first-order chi connectivity index (χ1) is 14.0. The third-order valence-corrected chi connectivity index (χ3v) is 4.97. The Morgan fingerprint density at radius 1 is 1.21 bits per heavy atom. The summed E-state index contributed by atoms with van der Waals surface area (Å²) in [6, 6.07) is 10.5. The first-order valence-corrected chi connectivity index (χ1v) is 9.87. The number of nitrogens with zero attached hydrogens (tertiary/aromatic N) is 4. The summed E-state index contributed by atoms with van der Waals surface area (Å²) in [6.45, 7) is 1.06. The molecule has 4 aromatic rings. The second-order valence-electron chi connectivity index (χ2n) is 6.27. The Morgan fingerprint density at radius 3 is 2.72 bits per heavy atom. The molecule has 148 valence electrons. The van der Waals surface area contributed by atoms with Gasteiger partial charge in [0, 0.05) is 11.6 Å². The average molecular weight is 477 g/mol. The molecule has 3 aromatic heterocycles. The van der Waals surface area contributed by atoms with Crippen LogP contribution in [0.3, 0.4) is 0 Å². The van der Waals surface area contributed by atoms with Crippen LogP contribution in [0.25, 0.3) is 11.0 Å². The van der Waals surface area contributed by atoms with Gasteiger partial charge in [-0.25, -0.2) is 9.67 Å². The molecular formula is C19H15BrClN5O3. The summed E-state index contributed by atoms with van der Waals surface area (Å²) in [5.74, 6) is -0.115. The molecule has 0 aliphatic carbocycles. The summed E-state index contributed by atoms with van der Waals surface area (Å²) in [4.78, 5) is 29.1. The van der Waals surface area contributed by atoms with Crippen molar-refractivity contribution in [2.75, 3.05) is 6.54 Å². The van der Waals surface area contributed by atoms with Gasteiger partial charge in [-0.05, 0) is 45.8 Å². The number of hydrogen-bond donors (Lipinski definition) is 1. The number of benzene rings is 1. The first-order valence-electron chi connectivity index (χ1n) is 8.70. The van der Waals surface area contributed by atoms with E-state index in [0.29, 0.717) is 40.4 Å². The molecule has 1 aromatic carbocycles. The van der Waals surface area contributed by atoms with Crippen LogP contribution in [0.1, 0.15) is 16.1 Å². The number of aromatic nitrogens is 4. The third kappa shape index (κ3) is 4.25. The fourth-order valence-electron chi connectivity index (χ4n) is 2.86. The Bertz CT molecular complexity index is 1230. The second kappa shape index (κ2) is 8.22. The minimum Gasteiger partial charge on any atom is -0.444 e. The predicted octanol–water partition coefficient (Wildman–Crippen LogP) is 3.08. The molecule has 8 nitrogen and oxygen atoms in total. The van der Waals surface area contributed by atoms with Crippen molar-refractivity contribution in [3.8, 4) is 0 Å². The maximum absolute atomic E-state index is 12.7. The number of fused-ring (bicyclic) bond motifs is 1. The van der Waals surface area contributed by atoms with E-state index in [1.54, 1.807) is 28.9 Å². The van der Waals surface area contributed by atoms with Crippen molar-refractivity contribution in [2.24, 2.45) is 0 Å². The van der Waals surface area contributed by atoms with Crippen molar-refractivity contribution in [1.29, 1.82) is 0 Å². The molecule has 0 aliphatic heterocycles. The molecule has 1 N–H and O–H groups in total. The maximum Gasteiger partial charge on any atom is 0.287 e. The summed E-state index contributed by atoms with van der Waals surface area (Å²) in [6.07, 6.45) is 2.99. The van der Waals surface area contributed by atoms with Crippen LogP contribution in [0.2, 0.25) is 5.02 Å². The van der Waals surface area contributed by atoms with E-state index in [2.05, 4.69) is 31.3 Å². The highest BCUT2D eigenvalue weighted by Gasteiger charge is 2.12. The fraction of sp³-hybridized carbons (Fsp3) is 0.158. The van der Waals surface area contributed by atoms with Gasteiger partial charge in [0.05, 0.1) is 19.3 Å². The predicted molar refractivity (Wildman–Crippen MR) is 111 cm³/mol. The van der Waals surface area contributed by atoms with Crippen LogP contribution in [0, 0.1) is 0 Å². The molecule has 0 unspecified atom stereocenters. The Balaban J connectivity index is 1.46. The highest BCUT2D eigenvalue weighted by Crippen LogP contribution is 2.14. The highest BCUT2D eigenvalue weighted by atomic mass is 79.9. The number of carbonyl (C=O) groups is 1. The number of nitrogens with one attached hydrogen (secondary N) is 1. The molecule has 0 saturated carbocycles. The highest BCUT2D eigenvalue weighted by molar-refractivity contribution is 9.10. The van der Waals surface area contributed by atoms with E-state index >= 15 is 0 Å². The second-order valence-corrected chi connectivity index (χ2v) is 7.49. The van der Waals surface area contributed by atoms with E-state index in [0.717, 1.165) is 5.56 Å². The van der Waals surface area contributed by atoms with Gasteiger partial charge >= 0.3 is 0 Å². The van der Waals surface area contributed by atoms with Crippen LogP contribution in [-0.4, -0.2) is 31.8 Å². The summed E-state index contributed by atoms with van der Waals surface area (Å²) in [5, 5.41) is 8.03. The fourth-order valence-corrected chi connectivity index (χ4v) is 3.29. The van der Waals surface area contributed by atoms with Gasteiger partial charge in [0.2, 0.25) is 0 Å². The van der Waals surface area contributed by atoms with Crippen molar-refractivity contribution in [1.82, 2.24) is 24.6 Å². The molecule has 0 atom stereocenters. The number of carbonyl (C=O) groups excluding carboxylic acids is 1. The van der Waals surface area contributed by atoms with Crippen LogP contribution >= 0.6 is 27.5 Å². The molecule has 3 heterocycles. The Morgan fingerprint density at radius 2 is 2.00 bits per heavy atom. The quantitative estimate of drug-likeness (QED) is 0.461. The van der Waals surface area contributed by atoms with Gasteiger partial charge in [-0.2, -0.15) is 5.10 Å². The standard InChI is InChI=1S/C19H15BrClN5O3/c20-16-6-5-15(29-16)18(27)22-7-8-26-17-14(9-24-26)19(28)25(11-23-17)10-12-1-3-13(21)4-2-12/h1-6,9,11H,7-8,10H2,(H,22,27). The number of halogens is 2. The molecule has 0 fully saturated rings. The Hall–Kier alpha value is -2.91. The van der Waals surface area contributed by atoms with E-state index in [-0.39, 0.29) is 17.2 Å². The molecular weight excluding hydrogens is 462 g/mol. The average Bonchev–Trinajstić information content (AvgIpc) is 3.32. The van der Waals surface area contributed by atoms with Gasteiger partial charge in [-0.1, -0.05) is 23.7 Å². The summed E-state index contributed by atoms with van der Waals surface area (Å²) < 4.78 is 8.80. The van der Waals surface area contributed by atoms with E-state index in [4.69, 9.17) is 16.0 Å². The minimum absolute atomic E-state index is 0.180. The Labute approximate surface area is 178 Å². The van der Waals surface area contributed by atoms with E-state index in [9.17, 15) is 9.59 Å². The van der Waals surface area contributed by atoms with Crippen molar-refractivity contribution < 1.29 is 9.21 Å². The molecule has 4 rings (SSSR count). The van der Waals surface area contributed by atoms with Crippen LogP contribution in [-0.2, 0) is 13.1 Å². The van der Waals surface area contributed by atoms with Gasteiger partial charge in [0.1, 0.15) is 11.7 Å². The maximum atomic E-state index is 12.7. The normalized spacial score (nSPS) is 11.1. The van der Waals surface area contributed by atoms with E-state index in [1.165, 1.54) is 17.1 Å². The zero-order chi connectivity index (χ0) is 20.4. The number of amides is 1. The van der Waals surface area contributed by atoms with Crippen LogP contribution in [0.5, 0.6) is 0 Å². The lowest BCUT2D eigenvalue weighted by molar-refractivity contribution is 0.0923. The number of hydrogen-bond acceptors (Lipinski definition) is 5. The minimum atomic E-state index is -0.328. The molecule has 1 amide bonds. The van der Waals surface area contributed by atoms with Gasteiger partial charge < -0.3 is 9.73 Å². The number of furan rings is 1. The van der Waals surface area contributed by atoms with Crippen LogP contribution in [0.15, 0.2) is 62.8 Å². The summed E-state index contributed by atoms with van der Waals surface area (Å²) >= 11 is 9.06. The lowest BCUT2D eigenvalue weighted by Gasteiger charge is -2.07. The topological polar surface area (TPSA) is 95.0 Å². The zero-order valence-electron chi connectivity index (χ0n) is 15.0. The summed E-state index contributed by atoms with van der Waals surface area (Å²) in [7, 11) is 0. The largest absolute Gasteiger partial charge is 0.444 e. The smallest absolute Gasteiger partial charge is 0.287 e. The monoisotopic (exact) mass is 475 g/mol. The molecule has 0 saturated heterocycles. The summed E-state index contributed by atoms with van der Waals surface area (Å²) in [5.41, 5.74) is 1.23. The number of rotatable bonds is 6. The molecule has 29 heavy (non-hydrogen) atoms. The van der Waals surface area contributed by atoms with Crippen molar-refractivity contribution in [3.63, 3.8) is 0 Å². The van der Waals surface area contributed by atoms with E-state index in [1.807, 2.05) is 12.1 Å². The van der Waals surface area contributed by atoms with Crippen molar-refractivity contribution in [2.45, 2.75) is 13.1 Å². The molecule has 0 bridgehead atoms. The molecule has 0 spiro atoms. The van der Waals surface area contributed by atoms with Gasteiger partial charge in [0.25, 0.3) is 11.5 Å². The SMILES string of the molecule is O=C(NCCn1ncc2c(=O)n(Cc3ccc(Cl)cc3)cnc21)c1ccc(Br)o1. The first kappa shape index (κ1) is 19.4. The van der Waals surface area contributed by atoms with Gasteiger partial charge in [-0.15, -0.1) is 0 Å². The van der Waals surface area contributed by atoms with Crippen LogP contribution in [0.4, 0.5) is 0 Å². The van der Waals surface area contributed by atoms with Crippen molar-refractivity contribution in [3.05, 3.63) is 80.3 Å². The third-order valence-electron chi connectivity index (χ3n) is 4.29. The molecule has 0 radical (unpaired) electrons. The molecule has 0 aliphatic rings. The lowest BCUT2D eigenvalue weighted by atomic mass is 10.2. The van der Waals surface area contributed by atoms with E-state index < -0.39 is 0 Å². The van der Waals surface area contributed by atoms with Crippen LogP contribution < -0.4 is 10.9 Å². The zero-order valence-corrected chi connectivity index (χ0v) is 17.4. The van der Waals surface area contributed by atoms with Crippen molar-refractivity contribution >= 4 is 44.5 Å². The van der Waals surface area contributed by atoms with Gasteiger partial charge in [0.15, 0.2) is 16.1 Å².